The summed E-state index contributed by atoms with van der Waals surface area (Å²) in [5, 5.41) is 6.44. The fraction of sp³-hybridized carbons (Fsp3) is 0.294. The van der Waals surface area contributed by atoms with Crippen LogP contribution in [0.2, 0.25) is 0 Å². The zero-order valence-electron chi connectivity index (χ0n) is 13.3. The smallest absolute Gasteiger partial charge is 0.337 e. The van der Waals surface area contributed by atoms with Gasteiger partial charge < -0.3 is 19.8 Å². The van der Waals surface area contributed by atoms with Crippen LogP contribution < -0.4 is 10.6 Å². The highest BCUT2D eigenvalue weighted by Gasteiger charge is 2.05. The Morgan fingerprint density at radius 3 is 2.61 bits per heavy atom. The van der Waals surface area contributed by atoms with Crippen molar-refractivity contribution in [2.45, 2.75) is 13.0 Å². The first-order chi connectivity index (χ1) is 11.2. The Hall–Kier alpha value is -2.76. The van der Waals surface area contributed by atoms with Gasteiger partial charge in [-0.15, -0.1) is 0 Å². The number of ether oxygens (including phenoxy) is 1. The third kappa shape index (κ3) is 5.18. The normalized spacial score (nSPS) is 11.1. The Labute approximate surface area is 135 Å². The number of furan rings is 1. The van der Waals surface area contributed by atoms with E-state index in [-0.39, 0.29) is 5.97 Å². The predicted molar refractivity (Wildman–Crippen MR) is 88.4 cm³/mol. The van der Waals surface area contributed by atoms with Gasteiger partial charge in [0, 0.05) is 26.6 Å². The number of carbonyl (C=O) groups is 1. The van der Waals surface area contributed by atoms with Crippen molar-refractivity contribution < 1.29 is 13.9 Å². The second-order valence-corrected chi connectivity index (χ2v) is 4.87. The number of hydrogen-bond acceptors (Lipinski definition) is 4. The average Bonchev–Trinajstić information content (AvgIpc) is 3.11. The van der Waals surface area contributed by atoms with Crippen LogP contribution in [0.1, 0.15) is 21.7 Å². The predicted octanol–water partition coefficient (Wildman–Crippen LogP) is 1.97. The van der Waals surface area contributed by atoms with E-state index in [2.05, 4.69) is 20.4 Å². The SMILES string of the molecule is CN=C(NCCc1ccco1)NCc1ccc(C(=O)OC)cc1. The summed E-state index contributed by atoms with van der Waals surface area (Å²) in [5.74, 6) is 1.32. The Balaban J connectivity index is 1.77. The van der Waals surface area contributed by atoms with Crippen LogP contribution >= 0.6 is 0 Å². The minimum absolute atomic E-state index is 0.333. The van der Waals surface area contributed by atoms with Crippen LogP contribution in [-0.2, 0) is 17.7 Å². The highest BCUT2D eigenvalue weighted by Crippen LogP contribution is 2.05. The van der Waals surface area contributed by atoms with Crippen LogP contribution in [0.15, 0.2) is 52.1 Å². The number of guanidine groups is 1. The second kappa shape index (κ2) is 8.63. The lowest BCUT2D eigenvalue weighted by Crippen LogP contribution is -2.37. The zero-order valence-corrected chi connectivity index (χ0v) is 13.3. The molecule has 0 aliphatic rings. The van der Waals surface area contributed by atoms with E-state index in [0.29, 0.717) is 18.1 Å². The van der Waals surface area contributed by atoms with Gasteiger partial charge >= 0.3 is 5.97 Å². The summed E-state index contributed by atoms with van der Waals surface area (Å²) in [6.07, 6.45) is 2.46. The Bertz CT molecular complexity index is 634. The molecule has 1 aromatic heterocycles. The lowest BCUT2D eigenvalue weighted by molar-refractivity contribution is 0.0600. The first-order valence-corrected chi connectivity index (χ1v) is 7.37. The lowest BCUT2D eigenvalue weighted by Gasteiger charge is -2.11. The fourth-order valence-electron chi connectivity index (χ4n) is 2.04. The van der Waals surface area contributed by atoms with Crippen LogP contribution in [0.5, 0.6) is 0 Å². The summed E-state index contributed by atoms with van der Waals surface area (Å²) < 4.78 is 9.96. The molecule has 2 N–H and O–H groups in total. The van der Waals surface area contributed by atoms with E-state index in [1.54, 1.807) is 25.4 Å². The quantitative estimate of drug-likeness (QED) is 0.484. The molecule has 0 fully saturated rings. The van der Waals surface area contributed by atoms with E-state index in [0.717, 1.165) is 24.3 Å². The Morgan fingerprint density at radius 1 is 1.22 bits per heavy atom. The topological polar surface area (TPSA) is 75.9 Å². The standard InChI is InChI=1S/C17H21N3O3/c1-18-17(19-10-9-15-4-3-11-23-15)20-12-13-5-7-14(8-6-13)16(21)22-2/h3-8,11H,9-10,12H2,1-2H3,(H2,18,19,20). The van der Waals surface area contributed by atoms with Crippen molar-refractivity contribution >= 4 is 11.9 Å². The largest absolute Gasteiger partial charge is 0.469 e. The van der Waals surface area contributed by atoms with Crippen molar-refractivity contribution in [2.24, 2.45) is 4.99 Å². The van der Waals surface area contributed by atoms with Crippen LogP contribution in [-0.4, -0.2) is 32.6 Å². The molecule has 0 atom stereocenters. The molecule has 1 heterocycles. The molecule has 23 heavy (non-hydrogen) atoms. The van der Waals surface area contributed by atoms with Gasteiger partial charge in [-0.25, -0.2) is 4.79 Å². The highest BCUT2D eigenvalue weighted by molar-refractivity contribution is 5.89. The Kier molecular flexibility index (Phi) is 6.23. The number of methoxy groups -OCH3 is 1. The third-order valence-electron chi connectivity index (χ3n) is 3.30. The molecular formula is C17H21N3O3. The summed E-state index contributed by atoms with van der Waals surface area (Å²) in [7, 11) is 3.10. The lowest BCUT2D eigenvalue weighted by atomic mass is 10.1. The van der Waals surface area contributed by atoms with E-state index in [1.807, 2.05) is 24.3 Å². The minimum atomic E-state index is -0.333. The molecule has 0 bridgehead atoms. The fourth-order valence-corrected chi connectivity index (χ4v) is 2.04. The second-order valence-electron chi connectivity index (χ2n) is 4.87. The molecule has 2 rings (SSSR count). The molecule has 6 nitrogen and oxygen atoms in total. The van der Waals surface area contributed by atoms with Crippen molar-refractivity contribution in [3.05, 3.63) is 59.5 Å². The van der Waals surface area contributed by atoms with Crippen molar-refractivity contribution in [2.75, 3.05) is 20.7 Å². The third-order valence-corrected chi connectivity index (χ3v) is 3.30. The summed E-state index contributed by atoms with van der Waals surface area (Å²) in [6, 6.07) is 11.1. The van der Waals surface area contributed by atoms with Crippen molar-refractivity contribution in [3.63, 3.8) is 0 Å². The molecule has 0 amide bonds. The van der Waals surface area contributed by atoms with Crippen LogP contribution in [0, 0.1) is 0 Å². The number of esters is 1. The average molecular weight is 315 g/mol. The number of benzene rings is 1. The van der Waals surface area contributed by atoms with Crippen molar-refractivity contribution in [1.82, 2.24) is 10.6 Å². The van der Waals surface area contributed by atoms with Gasteiger partial charge in [0.05, 0.1) is 18.9 Å². The summed E-state index contributed by atoms with van der Waals surface area (Å²) >= 11 is 0. The van der Waals surface area contributed by atoms with E-state index < -0.39 is 0 Å². The molecule has 0 aliphatic heterocycles. The van der Waals surface area contributed by atoms with Crippen molar-refractivity contribution in [3.8, 4) is 0 Å². The number of hydrogen-bond donors (Lipinski definition) is 2. The summed E-state index contributed by atoms with van der Waals surface area (Å²) in [5.41, 5.74) is 1.59. The van der Waals surface area contributed by atoms with Gasteiger partial charge in [-0.2, -0.15) is 0 Å². The first kappa shape index (κ1) is 16.6. The van der Waals surface area contributed by atoms with Gasteiger partial charge in [-0.05, 0) is 29.8 Å². The van der Waals surface area contributed by atoms with Gasteiger partial charge in [-0.1, -0.05) is 12.1 Å². The van der Waals surface area contributed by atoms with Gasteiger partial charge in [-0.3, -0.25) is 4.99 Å². The van der Waals surface area contributed by atoms with E-state index in [9.17, 15) is 4.79 Å². The number of rotatable bonds is 6. The van der Waals surface area contributed by atoms with Gasteiger partial charge in [0.2, 0.25) is 0 Å². The molecule has 0 radical (unpaired) electrons. The molecule has 2 aromatic rings. The van der Waals surface area contributed by atoms with E-state index >= 15 is 0 Å². The molecule has 0 aliphatic carbocycles. The maximum Gasteiger partial charge on any atom is 0.337 e. The highest BCUT2D eigenvalue weighted by atomic mass is 16.5. The minimum Gasteiger partial charge on any atom is -0.469 e. The van der Waals surface area contributed by atoms with Crippen LogP contribution in [0.25, 0.3) is 0 Å². The maximum absolute atomic E-state index is 11.4. The molecule has 0 saturated heterocycles. The summed E-state index contributed by atoms with van der Waals surface area (Å²) in [6.45, 7) is 1.34. The van der Waals surface area contributed by atoms with Gasteiger partial charge in [0.25, 0.3) is 0 Å². The summed E-state index contributed by atoms with van der Waals surface area (Å²) in [4.78, 5) is 15.5. The number of nitrogens with zero attached hydrogens (tertiary/aromatic N) is 1. The molecule has 1 aromatic carbocycles. The van der Waals surface area contributed by atoms with Crippen molar-refractivity contribution in [1.29, 1.82) is 0 Å². The molecule has 0 unspecified atom stereocenters. The van der Waals surface area contributed by atoms with Crippen LogP contribution in [0.3, 0.4) is 0 Å². The molecular weight excluding hydrogens is 294 g/mol. The monoisotopic (exact) mass is 315 g/mol. The number of carbonyl (C=O) groups excluding carboxylic acids is 1. The number of aliphatic imine (C=N–C) groups is 1. The number of nitrogens with one attached hydrogen (secondary N) is 2. The molecule has 0 spiro atoms. The molecule has 122 valence electrons. The van der Waals surface area contributed by atoms with Gasteiger partial charge in [0.1, 0.15) is 5.76 Å². The van der Waals surface area contributed by atoms with E-state index in [4.69, 9.17) is 4.42 Å². The molecule has 0 saturated carbocycles. The maximum atomic E-state index is 11.4. The van der Waals surface area contributed by atoms with E-state index in [1.165, 1.54) is 7.11 Å². The zero-order chi connectivity index (χ0) is 16.5. The van der Waals surface area contributed by atoms with Crippen LogP contribution in [0.4, 0.5) is 0 Å². The Morgan fingerprint density at radius 2 is 2.00 bits per heavy atom. The first-order valence-electron chi connectivity index (χ1n) is 7.37. The molecule has 6 heteroatoms. The van der Waals surface area contributed by atoms with Gasteiger partial charge in [0.15, 0.2) is 5.96 Å².